The molecular weight excluding hydrogens is 1270 g/mol. The Kier molecular flexibility index (Phi) is 14.2. The average molecular weight is 1310 g/mol. The Hall–Kier alpha value is -11.8. The molecule has 7 heterocycles. The van der Waals surface area contributed by atoms with Gasteiger partial charge in [-0.05, 0) is 161 Å². The number of phenolic OH excluding ortho intramolecular Hbond substituents is 1. The molecule has 93 heavy (non-hydrogen) atoms. The molecular formula is C74H47BrF2N6O9S. The van der Waals surface area contributed by atoms with Gasteiger partial charge < -0.3 is 47.3 Å². The summed E-state index contributed by atoms with van der Waals surface area (Å²) in [5.74, 6) is -5.19. The van der Waals surface area contributed by atoms with E-state index in [1.807, 2.05) is 88.4 Å². The number of benzene rings is 8. The Morgan fingerprint density at radius 2 is 0.946 bits per heavy atom. The van der Waals surface area contributed by atoms with Gasteiger partial charge in [0, 0.05) is 82.1 Å². The highest BCUT2D eigenvalue weighted by Gasteiger charge is 2.32. The van der Waals surface area contributed by atoms with Crippen molar-refractivity contribution in [1.29, 1.82) is 0 Å². The van der Waals surface area contributed by atoms with E-state index < -0.39 is 35.5 Å². The number of carbonyl (C=O) groups excluding carboxylic acids is 3. The third-order valence-electron chi connectivity index (χ3n) is 16.5. The number of aromatic hydroxyl groups is 1. The third kappa shape index (κ3) is 9.67. The molecule has 8 aromatic carbocycles. The molecule has 0 radical (unpaired) electrons. The minimum atomic E-state index is -1.16. The van der Waals surface area contributed by atoms with Crippen LogP contribution in [0.3, 0.4) is 0 Å². The molecule has 0 unspecified atom stereocenters. The van der Waals surface area contributed by atoms with Crippen molar-refractivity contribution in [3.8, 4) is 73.5 Å². The summed E-state index contributed by atoms with van der Waals surface area (Å²) in [5, 5.41) is 24.5. The second-order valence-electron chi connectivity index (χ2n) is 22.0. The van der Waals surface area contributed by atoms with Crippen LogP contribution in [0.4, 0.5) is 8.78 Å². The van der Waals surface area contributed by atoms with E-state index in [1.54, 1.807) is 165 Å². The zero-order valence-electron chi connectivity index (χ0n) is 49.0. The number of fused-ring (bicyclic) bond motifs is 4. The highest BCUT2D eigenvalue weighted by molar-refractivity contribution is 9.10. The van der Waals surface area contributed by atoms with E-state index in [2.05, 4.69) is 15.9 Å². The van der Waals surface area contributed by atoms with Crippen LogP contribution in [-0.4, -0.2) is 61.5 Å². The standard InChI is InChI=1S/C74H47BrF2N6O9S/c1-42-35-39-93-68(42)67-63(72(87)91-60-33-27-45(40-53(60)76)80-55-18-7-3-14-49(55)62(71(85)86)66(80)59-22-13-36-78(59)2)50-15-4-8-19-56(50)81(67)46-28-34-61(54(77)41-46)92-73(88)64-51-16-5-9-20-57(51)82(69(64)75)43-25-31-48(32-26-43)90-74(89)65-52-17-6-10-21-58(52)83(44-23-29-47(84)30-24-44)70(65)79-37-11-12-38-79/h3-41,84H,1-2H3,(H,85,86). The lowest BCUT2D eigenvalue weighted by atomic mass is 10.1. The van der Waals surface area contributed by atoms with Crippen molar-refractivity contribution in [2.75, 3.05) is 0 Å². The molecule has 0 fully saturated rings. The number of hydrogen-bond donors (Lipinski definition) is 2. The smallest absolute Gasteiger partial charge is 0.347 e. The van der Waals surface area contributed by atoms with Gasteiger partial charge in [0.05, 0.1) is 55.2 Å². The van der Waals surface area contributed by atoms with Crippen molar-refractivity contribution < 1.29 is 52.4 Å². The number of carbonyl (C=O) groups is 4. The number of thiophene rings is 1. The number of carboxylic acid groups (broad SMARTS) is 1. The molecule has 2 N–H and O–H groups in total. The van der Waals surface area contributed by atoms with Gasteiger partial charge in [-0.25, -0.2) is 28.0 Å². The molecule has 0 bridgehead atoms. The largest absolute Gasteiger partial charge is 0.508 e. The molecule has 0 saturated heterocycles. The maximum absolute atomic E-state index is 16.9. The van der Waals surface area contributed by atoms with Crippen molar-refractivity contribution in [2.45, 2.75) is 6.92 Å². The predicted molar refractivity (Wildman–Crippen MR) is 356 cm³/mol. The number of ether oxygens (including phenoxy) is 3. The van der Waals surface area contributed by atoms with Crippen LogP contribution in [0.1, 0.15) is 47.0 Å². The lowest BCUT2D eigenvalue weighted by Crippen LogP contribution is -2.13. The number of esters is 3. The van der Waals surface area contributed by atoms with E-state index in [1.165, 1.54) is 35.6 Å². The number of hydrogen-bond acceptors (Lipinski definition) is 9. The van der Waals surface area contributed by atoms with Crippen molar-refractivity contribution in [1.82, 2.24) is 27.4 Å². The fourth-order valence-electron chi connectivity index (χ4n) is 12.4. The lowest BCUT2D eigenvalue weighted by Gasteiger charge is -2.15. The van der Waals surface area contributed by atoms with E-state index in [0.29, 0.717) is 81.7 Å². The number of aromatic carboxylic acids is 1. The van der Waals surface area contributed by atoms with Gasteiger partial charge in [0.1, 0.15) is 33.0 Å². The summed E-state index contributed by atoms with van der Waals surface area (Å²) in [4.78, 5) is 57.5. The van der Waals surface area contributed by atoms with Gasteiger partial charge in [-0.3, -0.25) is 4.57 Å². The molecule has 19 heteroatoms. The van der Waals surface area contributed by atoms with E-state index in [9.17, 15) is 29.4 Å². The van der Waals surface area contributed by atoms with Gasteiger partial charge in [0.25, 0.3) is 0 Å². The number of carboxylic acids is 1. The molecule has 0 saturated carbocycles. The van der Waals surface area contributed by atoms with E-state index in [0.717, 1.165) is 16.8 Å². The molecule has 0 amide bonds. The highest BCUT2D eigenvalue weighted by Crippen LogP contribution is 2.44. The van der Waals surface area contributed by atoms with E-state index in [-0.39, 0.29) is 51.1 Å². The summed E-state index contributed by atoms with van der Waals surface area (Å²) in [6.07, 6.45) is 5.47. The first-order chi connectivity index (χ1) is 45.2. The van der Waals surface area contributed by atoms with Gasteiger partial charge >= 0.3 is 23.9 Å². The summed E-state index contributed by atoms with van der Waals surface area (Å²) in [5.41, 5.74) is 6.84. The van der Waals surface area contributed by atoms with Crippen LogP contribution < -0.4 is 14.2 Å². The molecule has 0 aliphatic rings. The Morgan fingerprint density at radius 3 is 1.48 bits per heavy atom. The number of rotatable bonds is 14. The molecule has 15 nitrogen and oxygen atoms in total. The Labute approximate surface area is 539 Å². The quantitative estimate of drug-likeness (QED) is 0.0796. The second-order valence-corrected chi connectivity index (χ2v) is 23.6. The topological polar surface area (TPSA) is 166 Å². The summed E-state index contributed by atoms with van der Waals surface area (Å²) < 4.78 is 62.7. The first-order valence-corrected chi connectivity index (χ1v) is 30.8. The van der Waals surface area contributed by atoms with Crippen molar-refractivity contribution in [3.05, 3.63) is 280 Å². The Morgan fingerprint density at radius 1 is 0.473 bits per heavy atom. The van der Waals surface area contributed by atoms with Crippen LogP contribution in [0, 0.1) is 18.6 Å². The number of aryl methyl sites for hydroxylation is 2. The minimum Gasteiger partial charge on any atom is -0.508 e. The second kappa shape index (κ2) is 22.9. The lowest BCUT2D eigenvalue weighted by molar-refractivity contribution is 0.0694. The number of phenols is 1. The van der Waals surface area contributed by atoms with Gasteiger partial charge in [-0.1, -0.05) is 72.8 Å². The molecule has 0 aliphatic carbocycles. The van der Waals surface area contributed by atoms with Gasteiger partial charge in [-0.2, -0.15) is 0 Å². The number of nitrogens with zero attached hydrogens (tertiary/aromatic N) is 6. The summed E-state index contributed by atoms with van der Waals surface area (Å²) in [7, 11) is 1.79. The van der Waals surface area contributed by atoms with Crippen molar-refractivity contribution >= 4 is 94.8 Å². The Bertz CT molecular complexity index is 5560. The predicted octanol–water partition coefficient (Wildman–Crippen LogP) is 17.4. The van der Waals surface area contributed by atoms with Gasteiger partial charge in [0.2, 0.25) is 0 Å². The van der Waals surface area contributed by atoms with Gasteiger partial charge in [-0.15, -0.1) is 11.3 Å². The SMILES string of the molecule is Cc1ccsc1-c1c(C(=O)Oc2ccc(-n3c(-c4cccn4C)c(C(=O)O)c4ccccc43)cc2F)c2ccccc2n1-c1ccc(OC(=O)c2c(Br)n(-c3ccc(OC(=O)c4c(-n5cccc5)n(-c5ccc(O)cc5)c5ccccc45)cc3)c3ccccc23)c(F)c1. The molecule has 454 valence electrons. The fourth-order valence-corrected chi connectivity index (χ4v) is 14.2. The fraction of sp³-hybridized carbons (Fsp3) is 0.0270. The van der Waals surface area contributed by atoms with E-state index >= 15 is 8.78 Å². The summed E-state index contributed by atoms with van der Waals surface area (Å²) >= 11 is 5.03. The van der Waals surface area contributed by atoms with Crippen LogP contribution in [0.25, 0.3) is 94.1 Å². The molecule has 7 aromatic heterocycles. The van der Waals surface area contributed by atoms with Crippen LogP contribution >= 0.6 is 27.3 Å². The van der Waals surface area contributed by atoms with Crippen LogP contribution in [0.5, 0.6) is 23.0 Å². The van der Waals surface area contributed by atoms with Crippen molar-refractivity contribution in [3.63, 3.8) is 0 Å². The first-order valence-electron chi connectivity index (χ1n) is 29.1. The maximum atomic E-state index is 16.9. The van der Waals surface area contributed by atoms with Crippen LogP contribution in [0.2, 0.25) is 0 Å². The minimum absolute atomic E-state index is 0.0414. The third-order valence-corrected chi connectivity index (χ3v) is 18.3. The number of para-hydroxylation sites is 4. The molecule has 0 spiro atoms. The molecule has 15 aromatic rings. The van der Waals surface area contributed by atoms with Gasteiger partial charge in [0.15, 0.2) is 23.1 Å². The molecule has 0 atom stereocenters. The van der Waals surface area contributed by atoms with Crippen LogP contribution in [0.15, 0.2) is 241 Å². The monoisotopic (exact) mass is 1310 g/mol. The van der Waals surface area contributed by atoms with E-state index in [4.69, 9.17) is 14.2 Å². The summed E-state index contributed by atoms with van der Waals surface area (Å²) in [6.45, 7) is 1.88. The number of halogens is 3. The normalized spacial score (nSPS) is 11.5. The Balaban J connectivity index is 0.727. The zero-order valence-corrected chi connectivity index (χ0v) is 51.4. The number of aromatic nitrogens is 6. The summed E-state index contributed by atoms with van der Waals surface area (Å²) in [6, 6.07) is 59.5. The average Bonchev–Trinajstić information content (AvgIpc) is 1.62. The van der Waals surface area contributed by atoms with Crippen LogP contribution in [-0.2, 0) is 7.05 Å². The maximum Gasteiger partial charge on any atom is 0.347 e. The first kappa shape index (κ1) is 57.6. The zero-order chi connectivity index (χ0) is 63.9. The van der Waals surface area contributed by atoms with Crippen molar-refractivity contribution in [2.24, 2.45) is 7.05 Å². The molecule has 0 aliphatic heterocycles. The highest BCUT2D eigenvalue weighted by atomic mass is 79.9. The molecule has 15 rings (SSSR count).